The topological polar surface area (TPSA) is 76.1 Å². The van der Waals surface area contributed by atoms with Gasteiger partial charge in [0.15, 0.2) is 4.77 Å². The number of amides is 1. The molecule has 0 atom stereocenters. The molecule has 2 aromatic carbocycles. The number of hydrogen-bond donors (Lipinski definition) is 2. The minimum atomic E-state index is -0.252. The summed E-state index contributed by atoms with van der Waals surface area (Å²) in [4.78, 5) is 28.0. The van der Waals surface area contributed by atoms with Crippen LogP contribution in [0, 0.1) is 4.77 Å². The molecule has 3 rings (SSSR count). The third kappa shape index (κ3) is 3.83. The predicted molar refractivity (Wildman–Crippen MR) is 108 cm³/mol. The molecular formula is C20H19N3O3S. The minimum absolute atomic E-state index is 0.213. The monoisotopic (exact) mass is 381 g/mol. The molecule has 0 spiro atoms. The molecule has 6 nitrogen and oxygen atoms in total. The Kier molecular flexibility index (Phi) is 5.52. The fourth-order valence-corrected chi connectivity index (χ4v) is 3.08. The zero-order chi connectivity index (χ0) is 19.4. The third-order valence-corrected chi connectivity index (χ3v) is 4.51. The van der Waals surface area contributed by atoms with Crippen LogP contribution in [0.3, 0.4) is 0 Å². The Balaban J connectivity index is 1.87. The zero-order valence-corrected chi connectivity index (χ0v) is 15.6. The van der Waals surface area contributed by atoms with Crippen LogP contribution in [0.4, 0.5) is 0 Å². The van der Waals surface area contributed by atoms with Crippen molar-refractivity contribution in [2.75, 3.05) is 7.11 Å². The number of nitrogens with zero attached hydrogens (tertiary/aromatic N) is 1. The van der Waals surface area contributed by atoms with Crippen molar-refractivity contribution >= 4 is 29.0 Å². The highest BCUT2D eigenvalue weighted by molar-refractivity contribution is 7.71. The van der Waals surface area contributed by atoms with Crippen LogP contribution in [0.1, 0.15) is 15.9 Å². The number of para-hydroxylation sites is 1. The molecule has 0 saturated carbocycles. The predicted octanol–water partition coefficient (Wildman–Crippen LogP) is 3.18. The van der Waals surface area contributed by atoms with E-state index in [-0.39, 0.29) is 11.5 Å². The highest BCUT2D eigenvalue weighted by Gasteiger charge is 2.11. The lowest BCUT2D eigenvalue weighted by atomic mass is 10.1. The van der Waals surface area contributed by atoms with Gasteiger partial charge >= 0.3 is 0 Å². The summed E-state index contributed by atoms with van der Waals surface area (Å²) >= 11 is 5.23. The second-order valence-corrected chi connectivity index (χ2v) is 6.28. The van der Waals surface area contributed by atoms with Crippen LogP contribution in [0.15, 0.2) is 59.9 Å². The first kappa shape index (κ1) is 18.6. The van der Waals surface area contributed by atoms with Gasteiger partial charge in [0.1, 0.15) is 5.75 Å². The summed E-state index contributed by atoms with van der Waals surface area (Å²) in [5.41, 5.74) is 1.62. The van der Waals surface area contributed by atoms with Crippen molar-refractivity contribution in [2.24, 2.45) is 0 Å². The number of aromatic nitrogens is 2. The standard InChI is InChI=1S/C20H19N3O3S/c1-3-10-23-19(25)15-9-8-13(11-16(15)22-20(23)27)18(24)21-12-14-6-4-5-7-17(14)26-2/h3-9,11H,1,10,12H2,2H3,(H,21,24)(H,22,27). The molecule has 0 aliphatic carbocycles. The Morgan fingerprint density at radius 3 is 2.85 bits per heavy atom. The summed E-state index contributed by atoms with van der Waals surface area (Å²) < 4.78 is 7.00. The average molecular weight is 381 g/mol. The Bertz CT molecular complexity index is 1130. The Morgan fingerprint density at radius 1 is 1.33 bits per heavy atom. The summed E-state index contributed by atoms with van der Waals surface area (Å²) in [5, 5.41) is 3.32. The van der Waals surface area contributed by atoms with Crippen LogP contribution in [-0.2, 0) is 13.1 Å². The Hall–Kier alpha value is -3.19. The fourth-order valence-electron chi connectivity index (χ4n) is 2.82. The summed E-state index contributed by atoms with van der Waals surface area (Å²) in [7, 11) is 1.59. The lowest BCUT2D eigenvalue weighted by molar-refractivity contribution is 0.0951. The van der Waals surface area contributed by atoms with Gasteiger partial charge in [-0.2, -0.15) is 0 Å². The number of hydrogen-bond acceptors (Lipinski definition) is 4. The van der Waals surface area contributed by atoms with E-state index in [9.17, 15) is 9.59 Å². The number of allylic oxidation sites excluding steroid dienone is 1. The van der Waals surface area contributed by atoms with Gasteiger partial charge < -0.3 is 15.0 Å². The zero-order valence-electron chi connectivity index (χ0n) is 14.8. The Morgan fingerprint density at radius 2 is 2.11 bits per heavy atom. The Labute approximate surface area is 161 Å². The van der Waals surface area contributed by atoms with Gasteiger partial charge in [-0.05, 0) is 36.5 Å². The van der Waals surface area contributed by atoms with Crippen LogP contribution in [0.25, 0.3) is 10.9 Å². The number of benzene rings is 2. The number of ether oxygens (including phenoxy) is 1. The number of carbonyl (C=O) groups is 1. The second-order valence-electron chi connectivity index (χ2n) is 5.89. The van der Waals surface area contributed by atoms with Crippen molar-refractivity contribution in [3.63, 3.8) is 0 Å². The summed E-state index contributed by atoms with van der Waals surface area (Å²) in [6, 6.07) is 12.4. The van der Waals surface area contributed by atoms with Gasteiger partial charge in [-0.15, -0.1) is 6.58 Å². The number of carbonyl (C=O) groups excluding carboxylic acids is 1. The lowest BCUT2D eigenvalue weighted by Gasteiger charge is -2.10. The van der Waals surface area contributed by atoms with E-state index in [0.29, 0.717) is 40.1 Å². The van der Waals surface area contributed by atoms with E-state index in [1.54, 1.807) is 31.4 Å². The number of H-pyrrole nitrogens is 1. The van der Waals surface area contributed by atoms with Crippen molar-refractivity contribution in [3.05, 3.63) is 81.4 Å². The van der Waals surface area contributed by atoms with Crippen LogP contribution >= 0.6 is 12.2 Å². The highest BCUT2D eigenvalue weighted by atomic mass is 32.1. The molecule has 0 radical (unpaired) electrons. The van der Waals surface area contributed by atoms with E-state index in [0.717, 1.165) is 5.56 Å². The number of nitrogens with one attached hydrogen (secondary N) is 2. The third-order valence-electron chi connectivity index (χ3n) is 4.19. The molecular weight excluding hydrogens is 362 g/mol. The van der Waals surface area contributed by atoms with E-state index in [1.165, 1.54) is 4.57 Å². The number of rotatable bonds is 6. The van der Waals surface area contributed by atoms with Crippen LogP contribution in [-0.4, -0.2) is 22.6 Å². The van der Waals surface area contributed by atoms with Crippen molar-refractivity contribution in [1.29, 1.82) is 0 Å². The van der Waals surface area contributed by atoms with E-state index in [1.807, 2.05) is 24.3 Å². The van der Waals surface area contributed by atoms with Gasteiger partial charge in [0.25, 0.3) is 11.5 Å². The normalized spacial score (nSPS) is 10.6. The molecule has 7 heteroatoms. The van der Waals surface area contributed by atoms with Gasteiger partial charge in [0.2, 0.25) is 0 Å². The molecule has 1 heterocycles. The molecule has 2 N–H and O–H groups in total. The molecule has 1 amide bonds. The van der Waals surface area contributed by atoms with Crippen molar-refractivity contribution in [2.45, 2.75) is 13.1 Å². The van der Waals surface area contributed by atoms with E-state index < -0.39 is 0 Å². The van der Waals surface area contributed by atoms with Crippen LogP contribution < -0.4 is 15.6 Å². The first-order valence-corrected chi connectivity index (χ1v) is 8.74. The molecule has 3 aromatic rings. The second kappa shape index (κ2) is 8.01. The first-order chi connectivity index (χ1) is 13.0. The van der Waals surface area contributed by atoms with E-state index in [2.05, 4.69) is 16.9 Å². The van der Waals surface area contributed by atoms with Crippen LogP contribution in [0.5, 0.6) is 5.75 Å². The average Bonchev–Trinajstić information content (AvgIpc) is 2.69. The maximum atomic E-state index is 12.5. The van der Waals surface area contributed by atoms with Crippen LogP contribution in [0.2, 0.25) is 0 Å². The maximum Gasteiger partial charge on any atom is 0.262 e. The largest absolute Gasteiger partial charge is 0.496 e. The molecule has 0 aliphatic heterocycles. The smallest absolute Gasteiger partial charge is 0.262 e. The summed E-state index contributed by atoms with van der Waals surface area (Å²) in [6.45, 7) is 4.29. The molecule has 0 saturated heterocycles. The molecule has 0 bridgehead atoms. The van der Waals surface area contributed by atoms with Gasteiger partial charge in [-0.3, -0.25) is 14.2 Å². The lowest BCUT2D eigenvalue weighted by Crippen LogP contribution is -2.24. The van der Waals surface area contributed by atoms with E-state index in [4.69, 9.17) is 17.0 Å². The maximum absolute atomic E-state index is 12.5. The summed E-state index contributed by atoms with van der Waals surface area (Å²) in [5.74, 6) is 0.459. The van der Waals surface area contributed by atoms with Crippen molar-refractivity contribution in [3.8, 4) is 5.75 Å². The SMILES string of the molecule is C=CCn1c(=S)[nH]c2cc(C(=O)NCc3ccccc3OC)ccc2c1=O. The fraction of sp³-hybridized carbons (Fsp3) is 0.150. The highest BCUT2D eigenvalue weighted by Crippen LogP contribution is 2.17. The first-order valence-electron chi connectivity index (χ1n) is 8.33. The summed E-state index contributed by atoms with van der Waals surface area (Å²) in [6.07, 6.45) is 1.61. The number of aromatic amines is 1. The van der Waals surface area contributed by atoms with E-state index >= 15 is 0 Å². The number of methoxy groups -OCH3 is 1. The van der Waals surface area contributed by atoms with Crippen molar-refractivity contribution < 1.29 is 9.53 Å². The molecule has 1 aromatic heterocycles. The molecule has 0 aliphatic rings. The van der Waals surface area contributed by atoms with Crippen molar-refractivity contribution in [1.82, 2.24) is 14.9 Å². The van der Waals surface area contributed by atoms with Gasteiger partial charge in [-0.1, -0.05) is 24.3 Å². The quantitative estimate of drug-likeness (QED) is 0.508. The number of fused-ring (bicyclic) bond motifs is 1. The van der Waals surface area contributed by atoms with Gasteiger partial charge in [0, 0.05) is 24.2 Å². The van der Waals surface area contributed by atoms with Gasteiger partial charge in [-0.25, -0.2) is 0 Å². The minimum Gasteiger partial charge on any atom is -0.496 e. The molecule has 0 fully saturated rings. The van der Waals surface area contributed by atoms with Gasteiger partial charge in [0.05, 0.1) is 18.0 Å². The molecule has 0 unspecified atom stereocenters. The molecule has 138 valence electrons. The molecule has 27 heavy (non-hydrogen) atoms.